The first-order valence-corrected chi connectivity index (χ1v) is 14.3. The van der Waals surface area contributed by atoms with Crippen LogP contribution >= 0.6 is 0 Å². The molecule has 0 bridgehead atoms. The van der Waals surface area contributed by atoms with Crippen LogP contribution in [0.1, 0.15) is 49.9 Å². The smallest absolute Gasteiger partial charge is 0.451 e. The highest BCUT2D eigenvalue weighted by atomic mass is 19.4. The van der Waals surface area contributed by atoms with Crippen molar-refractivity contribution in [2.24, 2.45) is 0 Å². The Morgan fingerprint density at radius 1 is 1.11 bits per heavy atom. The molecule has 0 fully saturated rings. The van der Waals surface area contributed by atoms with Gasteiger partial charge in [-0.05, 0) is 37.1 Å². The Hall–Kier alpha value is -4.88. The predicted octanol–water partition coefficient (Wildman–Crippen LogP) is 5.29. The number of nitrogens with one attached hydrogen (secondary N) is 1. The van der Waals surface area contributed by atoms with E-state index in [1.54, 1.807) is 4.90 Å². The number of furan rings is 1. The summed E-state index contributed by atoms with van der Waals surface area (Å²) in [5.41, 5.74) is 2.05. The third-order valence-electron chi connectivity index (χ3n) is 7.64. The van der Waals surface area contributed by atoms with Gasteiger partial charge in [-0.3, -0.25) is 14.2 Å². The lowest BCUT2D eigenvalue weighted by molar-refractivity contribution is -0.147. The Bertz CT molecular complexity index is 1900. The molecule has 5 aromatic rings. The highest BCUT2D eigenvalue weighted by molar-refractivity contribution is 6.05. The number of esters is 1. The highest BCUT2D eigenvalue weighted by Crippen LogP contribution is 2.32. The van der Waals surface area contributed by atoms with E-state index in [1.807, 2.05) is 56.3 Å². The largest absolute Gasteiger partial charge is 0.464 e. The van der Waals surface area contributed by atoms with Crippen molar-refractivity contribution in [1.29, 1.82) is 0 Å². The molecule has 0 aliphatic carbocycles. The number of anilines is 2. The number of fused-ring (bicyclic) bond motifs is 4. The second-order valence-corrected chi connectivity index (χ2v) is 10.7. The number of ether oxygens (including phenoxy) is 1. The standard InChI is InChI=1S/C30H30F3N7O4/c1-3-4-13-43-26(41)17-40-27(42)22(15-34-29(40)38-11-12-39-25(16-38)36-37-28(39)30(31,32)33)35-18(2)19-9-10-24-21(14-19)20-7-5-6-8-23(20)44-24/h5-10,14-15,18,35H,3-4,11-13,16-17H2,1-2H3/t18-/m0/s1. The van der Waals surface area contributed by atoms with Crippen molar-refractivity contribution in [3.8, 4) is 0 Å². The monoisotopic (exact) mass is 609 g/mol. The summed E-state index contributed by atoms with van der Waals surface area (Å²) in [6.45, 7) is 3.59. The summed E-state index contributed by atoms with van der Waals surface area (Å²) in [4.78, 5) is 32.7. The first-order chi connectivity index (χ1) is 21.1. The van der Waals surface area contributed by atoms with E-state index in [0.29, 0.717) is 6.42 Å². The van der Waals surface area contributed by atoms with E-state index in [0.717, 1.165) is 38.5 Å². The Kier molecular flexibility index (Phi) is 7.74. The minimum absolute atomic E-state index is 0.0732. The molecule has 4 heterocycles. The van der Waals surface area contributed by atoms with Gasteiger partial charge in [-0.25, -0.2) is 4.98 Å². The molecular formula is C30H30F3N7O4. The first-order valence-electron chi connectivity index (χ1n) is 14.3. The highest BCUT2D eigenvalue weighted by Gasteiger charge is 2.40. The van der Waals surface area contributed by atoms with Gasteiger partial charge in [0, 0.05) is 29.9 Å². The molecule has 0 unspecified atom stereocenters. The molecular weight excluding hydrogens is 579 g/mol. The van der Waals surface area contributed by atoms with E-state index >= 15 is 0 Å². The molecule has 6 rings (SSSR count). The number of unbranched alkanes of at least 4 members (excludes halogenated alkanes) is 1. The van der Waals surface area contributed by atoms with Gasteiger partial charge in [0.1, 0.15) is 23.4 Å². The van der Waals surface area contributed by atoms with Gasteiger partial charge in [0.2, 0.25) is 11.8 Å². The maximum Gasteiger partial charge on any atom is 0.451 e. The van der Waals surface area contributed by atoms with Gasteiger partial charge in [0.15, 0.2) is 5.82 Å². The van der Waals surface area contributed by atoms with E-state index in [9.17, 15) is 22.8 Å². The van der Waals surface area contributed by atoms with Crippen molar-refractivity contribution in [3.63, 3.8) is 0 Å². The summed E-state index contributed by atoms with van der Waals surface area (Å²) in [5, 5.41) is 12.2. The number of carbonyl (C=O) groups is 1. The van der Waals surface area contributed by atoms with Crippen LogP contribution in [0.5, 0.6) is 0 Å². The predicted molar refractivity (Wildman–Crippen MR) is 156 cm³/mol. The topological polar surface area (TPSA) is 120 Å². The summed E-state index contributed by atoms with van der Waals surface area (Å²) in [6.07, 6.45) is -1.77. The molecule has 3 aromatic heterocycles. The zero-order valence-corrected chi connectivity index (χ0v) is 24.1. The van der Waals surface area contributed by atoms with E-state index in [4.69, 9.17) is 9.15 Å². The quantitative estimate of drug-likeness (QED) is 0.176. The van der Waals surface area contributed by atoms with Crippen LogP contribution in [0.25, 0.3) is 21.9 Å². The molecule has 2 aromatic carbocycles. The third kappa shape index (κ3) is 5.58. The van der Waals surface area contributed by atoms with E-state index in [1.165, 1.54) is 10.8 Å². The molecule has 230 valence electrons. The van der Waals surface area contributed by atoms with Crippen LogP contribution in [0.2, 0.25) is 0 Å². The zero-order chi connectivity index (χ0) is 31.0. The summed E-state index contributed by atoms with van der Waals surface area (Å²) in [6, 6.07) is 13.2. The fourth-order valence-corrected chi connectivity index (χ4v) is 5.35. The van der Waals surface area contributed by atoms with Crippen molar-refractivity contribution in [3.05, 3.63) is 76.2 Å². The van der Waals surface area contributed by atoms with Crippen LogP contribution in [0.3, 0.4) is 0 Å². The first kappa shape index (κ1) is 29.2. The number of hydrogen-bond donors (Lipinski definition) is 1. The minimum Gasteiger partial charge on any atom is -0.464 e. The Balaban J connectivity index is 1.30. The molecule has 1 aliphatic rings. The van der Waals surface area contributed by atoms with Crippen LogP contribution in [0, 0.1) is 0 Å². The van der Waals surface area contributed by atoms with E-state index in [-0.39, 0.29) is 49.7 Å². The van der Waals surface area contributed by atoms with Gasteiger partial charge in [0.25, 0.3) is 5.56 Å². The minimum atomic E-state index is -4.64. The SMILES string of the molecule is CCCCOC(=O)Cn1c(N2CCn3c(nnc3C(F)(F)F)C2)ncc(N[C@@H](C)c2ccc3oc4ccccc4c3c2)c1=O. The van der Waals surface area contributed by atoms with Gasteiger partial charge in [-0.2, -0.15) is 13.2 Å². The van der Waals surface area contributed by atoms with Crippen molar-refractivity contribution in [2.75, 3.05) is 23.4 Å². The van der Waals surface area contributed by atoms with Gasteiger partial charge >= 0.3 is 12.1 Å². The van der Waals surface area contributed by atoms with Crippen molar-refractivity contribution in [1.82, 2.24) is 24.3 Å². The maximum atomic E-state index is 13.8. The molecule has 0 saturated carbocycles. The number of aromatic nitrogens is 5. The number of benzene rings is 2. The molecule has 0 saturated heterocycles. The normalized spacial score (nSPS) is 14.2. The van der Waals surface area contributed by atoms with Gasteiger partial charge in [0.05, 0.1) is 19.3 Å². The maximum absolute atomic E-state index is 13.8. The fourth-order valence-electron chi connectivity index (χ4n) is 5.35. The lowest BCUT2D eigenvalue weighted by atomic mass is 10.0. The third-order valence-corrected chi connectivity index (χ3v) is 7.64. The van der Waals surface area contributed by atoms with Gasteiger partial charge < -0.3 is 23.9 Å². The average Bonchev–Trinajstić information content (AvgIpc) is 3.60. The molecule has 1 aliphatic heterocycles. The molecule has 1 atom stereocenters. The number of carbonyl (C=O) groups excluding carboxylic acids is 1. The van der Waals surface area contributed by atoms with Crippen LogP contribution < -0.4 is 15.8 Å². The fraction of sp³-hybridized carbons (Fsp3) is 0.367. The molecule has 0 amide bonds. The summed E-state index contributed by atoms with van der Waals surface area (Å²) in [5.74, 6) is -1.50. The van der Waals surface area contributed by atoms with Crippen molar-refractivity contribution < 1.29 is 27.1 Å². The Labute approximate surface area is 249 Å². The number of nitrogens with zero attached hydrogens (tertiary/aromatic N) is 6. The van der Waals surface area contributed by atoms with Crippen molar-refractivity contribution in [2.45, 2.75) is 58.5 Å². The lowest BCUT2D eigenvalue weighted by Crippen LogP contribution is -2.40. The molecule has 0 spiro atoms. The summed E-state index contributed by atoms with van der Waals surface area (Å²) >= 11 is 0. The molecule has 14 heteroatoms. The Morgan fingerprint density at radius 2 is 1.91 bits per heavy atom. The van der Waals surface area contributed by atoms with Gasteiger partial charge in [-0.1, -0.05) is 37.6 Å². The van der Waals surface area contributed by atoms with Gasteiger partial charge in [-0.15, -0.1) is 10.2 Å². The zero-order valence-electron chi connectivity index (χ0n) is 24.1. The lowest BCUT2D eigenvalue weighted by Gasteiger charge is -2.30. The van der Waals surface area contributed by atoms with E-state index < -0.39 is 30.1 Å². The number of halogens is 3. The number of rotatable bonds is 9. The van der Waals surface area contributed by atoms with E-state index in [2.05, 4.69) is 20.5 Å². The number of alkyl halides is 3. The van der Waals surface area contributed by atoms with Crippen LogP contribution in [0.4, 0.5) is 24.8 Å². The molecule has 11 nitrogen and oxygen atoms in total. The molecule has 44 heavy (non-hydrogen) atoms. The second-order valence-electron chi connectivity index (χ2n) is 10.7. The molecule has 0 radical (unpaired) electrons. The average molecular weight is 610 g/mol. The van der Waals surface area contributed by atoms with Crippen LogP contribution in [0.15, 0.2) is 57.9 Å². The summed E-state index contributed by atoms with van der Waals surface area (Å²) < 4.78 is 53.5. The molecule has 1 N–H and O–H groups in total. The van der Waals surface area contributed by atoms with Crippen molar-refractivity contribution >= 4 is 39.5 Å². The second kappa shape index (κ2) is 11.7. The number of hydrogen-bond acceptors (Lipinski definition) is 9. The van der Waals surface area contributed by atoms with Crippen LogP contribution in [-0.2, 0) is 35.3 Å². The summed E-state index contributed by atoms with van der Waals surface area (Å²) in [7, 11) is 0. The Morgan fingerprint density at radius 3 is 2.70 bits per heavy atom. The van der Waals surface area contributed by atoms with Crippen LogP contribution in [-0.4, -0.2) is 43.4 Å². The number of para-hydroxylation sites is 1.